The minimum atomic E-state index is -1.26. The minimum Gasteiger partial charge on any atom is -0.505 e. The van der Waals surface area contributed by atoms with Gasteiger partial charge < -0.3 is 64.6 Å². The average molecular weight is 1320 g/mol. The van der Waals surface area contributed by atoms with Gasteiger partial charge >= 0.3 is 17.9 Å². The van der Waals surface area contributed by atoms with Crippen LogP contribution in [0.3, 0.4) is 0 Å². The van der Waals surface area contributed by atoms with E-state index < -0.39 is 29.7 Å². The Labute approximate surface area is 560 Å². The monoisotopic (exact) mass is 1320 g/mol. The second-order valence-electron chi connectivity index (χ2n) is 21.5. The molecule has 0 radical (unpaired) electrons. The molecule has 4 aromatic heterocycles. The Morgan fingerprint density at radius 1 is 0.347 bits per heavy atom. The number of amides is 2. The number of carboxylic acids is 1. The number of aryl methyl sites for hydroxylation is 4. The largest absolute Gasteiger partial charge is 0.505 e. The minimum absolute atomic E-state index is 0.0887. The number of Topliss-reactive ketones (excluding diaryl/α,β-unsaturated/α-hetero) is 1. The lowest BCUT2D eigenvalue weighted by Crippen LogP contribution is -2.30. The Balaban J connectivity index is 0.000000153. The van der Waals surface area contributed by atoms with Gasteiger partial charge in [0.2, 0.25) is 0 Å². The number of nitrogens with zero attached hydrogens (tertiary/aromatic N) is 4. The summed E-state index contributed by atoms with van der Waals surface area (Å²) in [7, 11) is 2.47. The quantitative estimate of drug-likeness (QED) is 0.0442. The van der Waals surface area contributed by atoms with Crippen LogP contribution >= 0.6 is 0 Å². The van der Waals surface area contributed by atoms with E-state index in [9.17, 15) is 49.2 Å². The third kappa shape index (κ3) is 17.0. The number of ketones is 1. The third-order valence-corrected chi connectivity index (χ3v) is 14.6. The second-order valence-corrected chi connectivity index (χ2v) is 21.5. The second kappa shape index (κ2) is 31.6. The van der Waals surface area contributed by atoms with E-state index in [1.54, 1.807) is 100 Å². The van der Waals surface area contributed by atoms with E-state index in [-0.39, 0.29) is 64.6 Å². The fourth-order valence-electron chi connectivity index (χ4n) is 9.80. The SMILES string of the molecule is CC(=O)CNC(=O)c1nc(C)c2cc(Oc3ccccc3)ccc2c1O.COC(=O)CNC(=O)c1nc(C)c2cc(Oc3ccccc3)ccc2c1O.COC(=O)c1nc(C)c2cc(Oc3ccccc3)ccc2c1O.Cc1nc(C(=O)O)c(O)c2ccc(Oc3ccccc3)cc12. The molecule has 0 saturated heterocycles. The lowest BCUT2D eigenvalue weighted by molar-refractivity contribution is -0.139. The number of rotatable bonds is 16. The van der Waals surface area contributed by atoms with E-state index in [0.29, 0.717) is 112 Å². The molecule has 7 N–H and O–H groups in total. The summed E-state index contributed by atoms with van der Waals surface area (Å²) in [6, 6.07) is 57.9. The van der Waals surface area contributed by atoms with Crippen LogP contribution in [0.25, 0.3) is 43.1 Å². The Morgan fingerprint density at radius 2 is 0.622 bits per heavy atom. The zero-order chi connectivity index (χ0) is 70.2. The van der Waals surface area contributed by atoms with Crippen molar-refractivity contribution in [3.63, 3.8) is 0 Å². The number of hydrogen-bond acceptors (Lipinski definition) is 20. The van der Waals surface area contributed by atoms with E-state index in [1.807, 2.05) is 121 Å². The van der Waals surface area contributed by atoms with Crippen molar-refractivity contribution >= 4 is 78.6 Å². The highest BCUT2D eigenvalue weighted by Gasteiger charge is 2.23. The van der Waals surface area contributed by atoms with Crippen molar-refractivity contribution in [1.29, 1.82) is 0 Å². The van der Waals surface area contributed by atoms with Gasteiger partial charge in [0, 0.05) is 65.9 Å². The summed E-state index contributed by atoms with van der Waals surface area (Å²) >= 11 is 0. The zero-order valence-electron chi connectivity index (χ0n) is 53.8. The summed E-state index contributed by atoms with van der Waals surface area (Å²) in [4.78, 5) is 85.8. The van der Waals surface area contributed by atoms with E-state index in [4.69, 9.17) is 24.1 Å². The molecule has 12 rings (SSSR count). The Bertz CT molecular complexity index is 4970. The van der Waals surface area contributed by atoms with Crippen LogP contribution in [0.1, 0.15) is 71.7 Å². The van der Waals surface area contributed by atoms with Crippen molar-refractivity contribution in [2.75, 3.05) is 27.3 Å². The van der Waals surface area contributed by atoms with Crippen LogP contribution in [0.4, 0.5) is 0 Å². The molecule has 12 aromatic rings. The lowest BCUT2D eigenvalue weighted by atomic mass is 10.1. The molecule has 0 unspecified atom stereocenters. The van der Waals surface area contributed by atoms with Crippen molar-refractivity contribution in [3.05, 3.63) is 240 Å². The van der Waals surface area contributed by atoms with Crippen LogP contribution in [0.15, 0.2) is 194 Å². The first kappa shape index (κ1) is 69.2. The highest BCUT2D eigenvalue weighted by atomic mass is 16.5. The Hall–Kier alpha value is -13.2. The lowest BCUT2D eigenvalue weighted by Gasteiger charge is -2.12. The maximum atomic E-state index is 12.2. The molecule has 0 aliphatic carbocycles. The number of methoxy groups -OCH3 is 2. The molecule has 98 heavy (non-hydrogen) atoms. The van der Waals surface area contributed by atoms with Gasteiger partial charge in [-0.25, -0.2) is 29.5 Å². The number of carbonyl (C=O) groups is 6. The molecule has 8 aromatic carbocycles. The van der Waals surface area contributed by atoms with Gasteiger partial charge in [0.1, 0.15) is 58.3 Å². The van der Waals surface area contributed by atoms with Crippen LogP contribution in [0.5, 0.6) is 69.0 Å². The van der Waals surface area contributed by atoms with Gasteiger partial charge in [-0.1, -0.05) is 72.8 Å². The van der Waals surface area contributed by atoms with Crippen LogP contribution < -0.4 is 29.6 Å². The van der Waals surface area contributed by atoms with Crippen LogP contribution in [-0.4, -0.2) is 108 Å². The van der Waals surface area contributed by atoms with Gasteiger partial charge in [-0.15, -0.1) is 0 Å². The number of pyridine rings is 4. The molecule has 0 saturated carbocycles. The number of aromatic carboxylic acids is 1. The Morgan fingerprint density at radius 3 is 0.908 bits per heavy atom. The van der Waals surface area contributed by atoms with E-state index in [2.05, 4.69) is 40.0 Å². The number of fused-ring (bicyclic) bond motifs is 4. The summed E-state index contributed by atoms with van der Waals surface area (Å²) in [5.41, 5.74) is 1.55. The number of carbonyl (C=O) groups excluding carboxylic acids is 5. The predicted octanol–water partition coefficient (Wildman–Crippen LogP) is 13.9. The molecule has 4 heterocycles. The van der Waals surface area contributed by atoms with Crippen LogP contribution in [-0.2, 0) is 19.1 Å². The van der Waals surface area contributed by atoms with Crippen LogP contribution in [0.2, 0.25) is 0 Å². The first-order valence-corrected chi connectivity index (χ1v) is 30.0. The topological polar surface area (TPSA) is 335 Å². The van der Waals surface area contributed by atoms with E-state index in [0.717, 1.165) is 0 Å². The maximum Gasteiger partial charge on any atom is 0.360 e. The molecule has 0 atom stereocenters. The number of benzene rings is 8. The van der Waals surface area contributed by atoms with Gasteiger partial charge in [0.05, 0.1) is 20.8 Å². The summed E-state index contributed by atoms with van der Waals surface area (Å²) < 4.78 is 32.2. The summed E-state index contributed by atoms with van der Waals surface area (Å²) in [6.45, 7) is 7.88. The maximum absolute atomic E-state index is 12.2. The van der Waals surface area contributed by atoms with Gasteiger partial charge in [0.15, 0.2) is 45.8 Å². The summed E-state index contributed by atoms with van der Waals surface area (Å²) in [5.74, 6) is 0.224. The van der Waals surface area contributed by atoms with Crippen molar-refractivity contribution < 1.29 is 82.7 Å². The number of hydrogen-bond donors (Lipinski definition) is 7. The van der Waals surface area contributed by atoms with Crippen molar-refractivity contribution in [1.82, 2.24) is 30.6 Å². The smallest absolute Gasteiger partial charge is 0.360 e. The van der Waals surface area contributed by atoms with Crippen molar-refractivity contribution in [2.45, 2.75) is 34.6 Å². The van der Waals surface area contributed by atoms with Gasteiger partial charge in [-0.05, 0) is 156 Å². The first-order chi connectivity index (χ1) is 47.1. The molecule has 0 spiro atoms. The normalized spacial score (nSPS) is 10.5. The number of carboxylic acid groups (broad SMARTS) is 1. The molecule has 496 valence electrons. The van der Waals surface area contributed by atoms with E-state index in [1.165, 1.54) is 21.1 Å². The molecule has 0 bridgehead atoms. The number of aromatic nitrogens is 4. The number of para-hydroxylation sites is 4. The number of esters is 2. The van der Waals surface area contributed by atoms with E-state index >= 15 is 0 Å². The molecular weight excluding hydrogens is 1260 g/mol. The summed E-state index contributed by atoms with van der Waals surface area (Å²) in [6.07, 6.45) is 0. The number of aromatic hydroxyl groups is 4. The molecule has 23 nitrogen and oxygen atoms in total. The number of ether oxygens (including phenoxy) is 6. The van der Waals surface area contributed by atoms with Gasteiger partial charge in [-0.2, -0.15) is 0 Å². The molecule has 2 amide bonds. The van der Waals surface area contributed by atoms with Gasteiger partial charge in [-0.3, -0.25) is 19.2 Å². The van der Waals surface area contributed by atoms with Crippen LogP contribution in [0, 0.1) is 27.7 Å². The van der Waals surface area contributed by atoms with Crippen molar-refractivity contribution in [3.8, 4) is 69.0 Å². The highest BCUT2D eigenvalue weighted by Crippen LogP contribution is 2.38. The highest BCUT2D eigenvalue weighted by molar-refractivity contribution is 6.05. The molecule has 0 fully saturated rings. The van der Waals surface area contributed by atoms with Crippen molar-refractivity contribution in [2.24, 2.45) is 0 Å². The molecule has 23 heteroatoms. The molecule has 0 aliphatic rings. The Kier molecular flexibility index (Phi) is 22.3. The molecular formula is C75H64N6O17. The average Bonchev–Trinajstić information content (AvgIpc) is 0.805. The fourth-order valence-corrected chi connectivity index (χ4v) is 9.80. The zero-order valence-corrected chi connectivity index (χ0v) is 53.8. The predicted molar refractivity (Wildman–Crippen MR) is 364 cm³/mol. The fraction of sp³-hybridized carbons (Fsp3) is 0.120. The van der Waals surface area contributed by atoms with Gasteiger partial charge in [0.25, 0.3) is 11.8 Å². The standard InChI is InChI=1S/C20H18N2O5.C20H18N2O4.C18H15NO4.C17H13NO4/c1-12-16-10-14(27-13-6-4-3-5-7-13)8-9-15(16)19(24)18(22-12)20(25)21-11-17(23)26-2;1-12(23)11-21-20(25)18-19(24)16-9-8-15(10-17(16)13(2)22-18)26-14-6-4-3-5-7-14;1-11-15-10-13(23-12-6-4-3-5-7-12)8-9-14(15)17(20)16(19-11)18(21)22-2;1-10-14-9-12(22-11-5-3-2-4-6-11)7-8-13(14)16(19)15(18-10)17(20)21/h3-10,24H,11H2,1-2H3,(H,21,25);3-10,24H,11H2,1-2H3,(H,21,25);3-10,20H,1-2H3;2-9,19H,1H3,(H,20,21). The molecule has 0 aliphatic heterocycles. The number of nitrogens with one attached hydrogen (secondary N) is 2. The first-order valence-electron chi connectivity index (χ1n) is 30.0. The third-order valence-electron chi connectivity index (χ3n) is 14.6. The summed E-state index contributed by atoms with van der Waals surface area (Å²) in [5, 5.41) is 59.7.